The summed E-state index contributed by atoms with van der Waals surface area (Å²) in [5, 5.41) is 5.54. The van der Waals surface area contributed by atoms with Crippen LogP contribution in [0.4, 0.5) is 8.78 Å². The Balaban J connectivity index is 1.40. The normalized spacial score (nSPS) is 18.2. The van der Waals surface area contributed by atoms with Crippen LogP contribution < -0.4 is 20.1 Å². The van der Waals surface area contributed by atoms with E-state index in [2.05, 4.69) is 20.3 Å². The van der Waals surface area contributed by atoms with Gasteiger partial charge < -0.3 is 25.0 Å². The lowest BCUT2D eigenvalue weighted by Crippen LogP contribution is -2.48. The maximum atomic E-state index is 12.4. The Hall–Kier alpha value is -2.42. The summed E-state index contributed by atoms with van der Waals surface area (Å²) in [7, 11) is 1.29. The number of ether oxygens (including phenoxy) is 2. The highest BCUT2D eigenvalue weighted by Crippen LogP contribution is 2.29. The monoisotopic (exact) mass is 439 g/mol. The van der Waals surface area contributed by atoms with Crippen molar-refractivity contribution in [1.82, 2.24) is 15.5 Å². The number of amides is 2. The first-order valence-corrected chi connectivity index (χ1v) is 10.9. The zero-order valence-electron chi connectivity index (χ0n) is 17.9. The number of nitrogens with one attached hydrogen (secondary N) is 2. The van der Waals surface area contributed by atoms with E-state index in [4.69, 9.17) is 4.74 Å². The van der Waals surface area contributed by atoms with Gasteiger partial charge in [-0.15, -0.1) is 0 Å². The second kappa shape index (κ2) is 11.3. The number of methoxy groups -OCH3 is 1. The van der Waals surface area contributed by atoms with Gasteiger partial charge >= 0.3 is 6.61 Å². The van der Waals surface area contributed by atoms with Crippen LogP contribution in [0.3, 0.4) is 0 Å². The highest BCUT2D eigenvalue weighted by atomic mass is 19.3. The molecule has 0 radical (unpaired) electrons. The second-order valence-electron chi connectivity index (χ2n) is 8.22. The molecule has 0 aromatic heterocycles. The first kappa shape index (κ1) is 23.2. The number of hydrogen-bond acceptors (Lipinski definition) is 5. The van der Waals surface area contributed by atoms with Crippen molar-refractivity contribution in [2.45, 2.75) is 51.2 Å². The van der Waals surface area contributed by atoms with Gasteiger partial charge in [0.25, 0.3) is 5.91 Å². The molecule has 0 spiro atoms. The van der Waals surface area contributed by atoms with E-state index in [0.717, 1.165) is 31.8 Å². The highest BCUT2D eigenvalue weighted by Gasteiger charge is 2.24. The molecule has 2 aliphatic rings. The van der Waals surface area contributed by atoms with E-state index in [1.165, 1.54) is 57.5 Å². The molecule has 2 amide bonds. The van der Waals surface area contributed by atoms with E-state index in [1.807, 2.05) is 0 Å². The molecule has 0 atom stereocenters. The summed E-state index contributed by atoms with van der Waals surface area (Å²) < 4.78 is 34.1. The van der Waals surface area contributed by atoms with Crippen LogP contribution in [0, 0.1) is 5.92 Å². The lowest BCUT2D eigenvalue weighted by atomic mass is 10.0. The van der Waals surface area contributed by atoms with Gasteiger partial charge in [-0.1, -0.05) is 12.8 Å². The summed E-state index contributed by atoms with van der Waals surface area (Å²) in [6.07, 6.45) is 7.20. The fourth-order valence-electron chi connectivity index (χ4n) is 4.36. The van der Waals surface area contributed by atoms with Crippen LogP contribution in [0.5, 0.6) is 11.5 Å². The van der Waals surface area contributed by atoms with Crippen LogP contribution in [-0.4, -0.2) is 62.7 Å². The Morgan fingerprint density at radius 1 is 1.13 bits per heavy atom. The lowest BCUT2D eigenvalue weighted by Gasteiger charge is -2.33. The first-order chi connectivity index (χ1) is 14.9. The number of nitrogens with zero attached hydrogens (tertiary/aromatic N) is 1. The molecule has 31 heavy (non-hydrogen) atoms. The third kappa shape index (κ3) is 7.05. The van der Waals surface area contributed by atoms with Crippen molar-refractivity contribution >= 4 is 11.8 Å². The van der Waals surface area contributed by atoms with Crippen molar-refractivity contribution in [3.05, 3.63) is 23.8 Å². The molecule has 1 saturated heterocycles. The number of alkyl halides is 2. The zero-order chi connectivity index (χ0) is 22.2. The minimum absolute atomic E-state index is 0.0155. The summed E-state index contributed by atoms with van der Waals surface area (Å²) in [5.74, 6) is -0.0561. The number of carbonyl (C=O) groups excluding carboxylic acids is 2. The standard InChI is InChI=1S/C22H31F2N3O4/c1-30-19-12-16(6-7-18(19)31-22(23)24)21(29)25-13-20(28)26-17-8-10-27(11-9-17)14-15-4-2-3-5-15/h6-7,12,15,17,22H,2-5,8-11,13-14H2,1H3,(H,25,29)(H,26,28). The summed E-state index contributed by atoms with van der Waals surface area (Å²) in [6, 6.07) is 3.99. The molecule has 1 aromatic carbocycles. The summed E-state index contributed by atoms with van der Waals surface area (Å²) in [6.45, 7) is -0.00623. The summed E-state index contributed by atoms with van der Waals surface area (Å²) >= 11 is 0. The quantitative estimate of drug-likeness (QED) is 0.619. The molecule has 0 unspecified atom stereocenters. The van der Waals surface area contributed by atoms with Crippen molar-refractivity contribution in [3.8, 4) is 11.5 Å². The van der Waals surface area contributed by atoms with E-state index in [1.54, 1.807) is 0 Å². The molecule has 0 bridgehead atoms. The zero-order valence-corrected chi connectivity index (χ0v) is 17.9. The fraction of sp³-hybridized carbons (Fsp3) is 0.636. The molecule has 1 saturated carbocycles. The average molecular weight is 440 g/mol. The first-order valence-electron chi connectivity index (χ1n) is 10.9. The van der Waals surface area contributed by atoms with Crippen LogP contribution in [0.25, 0.3) is 0 Å². The predicted molar refractivity (Wildman–Crippen MR) is 112 cm³/mol. The minimum atomic E-state index is -2.99. The van der Waals surface area contributed by atoms with Gasteiger partial charge in [0.2, 0.25) is 5.91 Å². The summed E-state index contributed by atoms with van der Waals surface area (Å²) in [4.78, 5) is 27.0. The maximum Gasteiger partial charge on any atom is 0.387 e. The smallest absolute Gasteiger partial charge is 0.387 e. The lowest BCUT2D eigenvalue weighted by molar-refractivity contribution is -0.121. The molecule has 7 nitrogen and oxygen atoms in total. The van der Waals surface area contributed by atoms with Gasteiger partial charge in [-0.2, -0.15) is 8.78 Å². The Morgan fingerprint density at radius 3 is 2.48 bits per heavy atom. The summed E-state index contributed by atoms with van der Waals surface area (Å²) in [5.41, 5.74) is 0.187. The second-order valence-corrected chi connectivity index (χ2v) is 8.22. The molecule has 172 valence electrons. The van der Waals surface area contributed by atoms with E-state index in [0.29, 0.717) is 0 Å². The van der Waals surface area contributed by atoms with Gasteiger partial charge in [-0.25, -0.2) is 0 Å². The van der Waals surface area contributed by atoms with Crippen LogP contribution >= 0.6 is 0 Å². The van der Waals surface area contributed by atoms with Crippen LogP contribution in [-0.2, 0) is 4.79 Å². The molecular weight excluding hydrogens is 408 g/mol. The Morgan fingerprint density at radius 2 is 1.84 bits per heavy atom. The number of piperidine rings is 1. The third-order valence-electron chi connectivity index (χ3n) is 6.00. The van der Waals surface area contributed by atoms with Crippen LogP contribution in [0.2, 0.25) is 0 Å². The molecule has 3 rings (SSSR count). The van der Waals surface area contributed by atoms with Gasteiger partial charge in [0.1, 0.15) is 0 Å². The van der Waals surface area contributed by atoms with E-state index in [9.17, 15) is 18.4 Å². The number of rotatable bonds is 9. The number of hydrogen-bond donors (Lipinski definition) is 2. The number of likely N-dealkylation sites (tertiary alicyclic amines) is 1. The van der Waals surface area contributed by atoms with Crippen LogP contribution in [0.15, 0.2) is 18.2 Å². The maximum absolute atomic E-state index is 12.4. The molecule has 1 aliphatic heterocycles. The van der Waals surface area contributed by atoms with Gasteiger partial charge in [-0.05, 0) is 49.8 Å². The van der Waals surface area contributed by atoms with Gasteiger partial charge in [0, 0.05) is 31.2 Å². The third-order valence-corrected chi connectivity index (χ3v) is 6.00. The largest absolute Gasteiger partial charge is 0.493 e. The van der Waals surface area contributed by atoms with Crippen LogP contribution in [0.1, 0.15) is 48.9 Å². The van der Waals surface area contributed by atoms with Crippen molar-refractivity contribution in [2.75, 3.05) is 33.3 Å². The molecule has 1 aliphatic carbocycles. The highest BCUT2D eigenvalue weighted by molar-refractivity contribution is 5.97. The Bertz CT molecular complexity index is 748. The molecule has 2 fully saturated rings. The number of benzene rings is 1. The Kier molecular flexibility index (Phi) is 8.45. The molecular formula is C22H31F2N3O4. The topological polar surface area (TPSA) is 79.9 Å². The van der Waals surface area contributed by atoms with Crippen molar-refractivity contribution in [1.29, 1.82) is 0 Å². The van der Waals surface area contributed by atoms with Crippen molar-refractivity contribution < 1.29 is 27.8 Å². The number of halogens is 2. The van der Waals surface area contributed by atoms with E-state index in [-0.39, 0.29) is 35.6 Å². The minimum Gasteiger partial charge on any atom is -0.493 e. The van der Waals surface area contributed by atoms with E-state index >= 15 is 0 Å². The van der Waals surface area contributed by atoms with Gasteiger partial charge in [0.15, 0.2) is 11.5 Å². The van der Waals surface area contributed by atoms with E-state index < -0.39 is 12.5 Å². The molecule has 1 aromatic rings. The van der Waals surface area contributed by atoms with Gasteiger partial charge in [-0.3, -0.25) is 9.59 Å². The fourth-order valence-corrected chi connectivity index (χ4v) is 4.36. The molecule has 9 heteroatoms. The van der Waals surface area contributed by atoms with Crippen molar-refractivity contribution in [3.63, 3.8) is 0 Å². The number of carbonyl (C=O) groups is 2. The molecule has 1 heterocycles. The average Bonchev–Trinajstić information content (AvgIpc) is 3.26. The predicted octanol–water partition coefficient (Wildman–Crippen LogP) is 2.80. The molecule has 2 N–H and O–H groups in total. The van der Waals surface area contributed by atoms with Gasteiger partial charge in [0.05, 0.1) is 13.7 Å². The SMILES string of the molecule is COc1cc(C(=O)NCC(=O)NC2CCN(CC3CCCC3)CC2)ccc1OC(F)F. The Labute approximate surface area is 181 Å². The van der Waals surface area contributed by atoms with Crippen molar-refractivity contribution in [2.24, 2.45) is 5.92 Å².